The van der Waals surface area contributed by atoms with E-state index in [0.29, 0.717) is 19.2 Å². The first-order chi connectivity index (χ1) is 8.40. The number of aryl methyl sites for hydroxylation is 3. The van der Waals surface area contributed by atoms with Gasteiger partial charge in [0.25, 0.3) is 0 Å². The Morgan fingerprint density at radius 2 is 1.68 bits per heavy atom. The van der Waals surface area contributed by atoms with E-state index in [2.05, 4.69) is 38.2 Å². The summed E-state index contributed by atoms with van der Waals surface area (Å²) in [4.78, 5) is 0. The molecule has 0 bridgehead atoms. The number of benzene rings is 1. The van der Waals surface area contributed by atoms with Gasteiger partial charge in [0, 0.05) is 12.6 Å². The molecule has 19 heavy (non-hydrogen) atoms. The lowest BCUT2D eigenvalue weighted by atomic mass is 10.1. The molecule has 1 unspecified atom stereocenters. The molecule has 0 aromatic heterocycles. The maximum atomic E-state index is 9.81. The van der Waals surface area contributed by atoms with Crippen LogP contribution in [0.3, 0.4) is 0 Å². The molecule has 110 valence electrons. The summed E-state index contributed by atoms with van der Waals surface area (Å²) in [6.07, 6.45) is -0.479. The molecule has 1 aromatic carbocycles. The van der Waals surface area contributed by atoms with Crippen LogP contribution in [0.4, 0.5) is 0 Å². The molecule has 0 amide bonds. The third-order valence-electron chi connectivity index (χ3n) is 2.79. The van der Waals surface area contributed by atoms with Crippen LogP contribution in [0.1, 0.15) is 30.5 Å². The monoisotopic (exact) mass is 287 g/mol. The molecular weight excluding hydrogens is 262 g/mol. The lowest BCUT2D eigenvalue weighted by Gasteiger charge is -2.17. The highest BCUT2D eigenvalue weighted by atomic mass is 35.5. The van der Waals surface area contributed by atoms with Crippen molar-refractivity contribution in [1.29, 1.82) is 0 Å². The Labute approximate surface area is 122 Å². The van der Waals surface area contributed by atoms with Crippen LogP contribution in [0, 0.1) is 20.8 Å². The van der Waals surface area contributed by atoms with E-state index in [4.69, 9.17) is 4.74 Å². The summed E-state index contributed by atoms with van der Waals surface area (Å²) < 4.78 is 5.73. The molecule has 1 rings (SSSR count). The van der Waals surface area contributed by atoms with Crippen molar-refractivity contribution in [2.75, 3.05) is 13.2 Å². The SMILES string of the molecule is Cc1cc(C)c(OCC(O)CNC(C)C)c(C)c1.Cl. The zero-order chi connectivity index (χ0) is 13.7. The second kappa shape index (κ2) is 8.41. The molecule has 0 fully saturated rings. The minimum atomic E-state index is -0.479. The number of hydrogen-bond acceptors (Lipinski definition) is 3. The third-order valence-corrected chi connectivity index (χ3v) is 2.79. The number of rotatable bonds is 6. The van der Waals surface area contributed by atoms with E-state index in [1.54, 1.807) is 0 Å². The maximum absolute atomic E-state index is 9.81. The average molecular weight is 288 g/mol. The van der Waals surface area contributed by atoms with E-state index in [1.165, 1.54) is 5.56 Å². The fourth-order valence-corrected chi connectivity index (χ4v) is 2.00. The van der Waals surface area contributed by atoms with Gasteiger partial charge in [-0.1, -0.05) is 31.5 Å². The van der Waals surface area contributed by atoms with Gasteiger partial charge < -0.3 is 15.2 Å². The summed E-state index contributed by atoms with van der Waals surface area (Å²) in [5.74, 6) is 0.893. The largest absolute Gasteiger partial charge is 0.490 e. The summed E-state index contributed by atoms with van der Waals surface area (Å²) >= 11 is 0. The average Bonchev–Trinajstić information content (AvgIpc) is 2.24. The molecule has 1 aromatic rings. The van der Waals surface area contributed by atoms with Gasteiger partial charge in [0.1, 0.15) is 18.5 Å². The third kappa shape index (κ3) is 6.28. The maximum Gasteiger partial charge on any atom is 0.125 e. The molecule has 1 atom stereocenters. The number of aliphatic hydroxyl groups excluding tert-OH is 1. The van der Waals surface area contributed by atoms with Crippen LogP contribution in [-0.4, -0.2) is 30.4 Å². The fraction of sp³-hybridized carbons (Fsp3) is 0.600. The van der Waals surface area contributed by atoms with Crippen LogP contribution in [0.15, 0.2) is 12.1 Å². The van der Waals surface area contributed by atoms with E-state index in [0.717, 1.165) is 16.9 Å². The van der Waals surface area contributed by atoms with Gasteiger partial charge in [-0.25, -0.2) is 0 Å². The van der Waals surface area contributed by atoms with E-state index in [1.807, 2.05) is 13.8 Å². The normalized spacial score (nSPS) is 12.2. The summed E-state index contributed by atoms with van der Waals surface area (Å²) in [6.45, 7) is 11.1. The Bertz CT molecular complexity index is 371. The molecule has 4 heteroatoms. The Kier molecular flexibility index (Phi) is 8.07. The Morgan fingerprint density at radius 3 is 2.16 bits per heavy atom. The molecular formula is C15H26ClNO2. The van der Waals surface area contributed by atoms with Gasteiger partial charge in [-0.3, -0.25) is 0 Å². The van der Waals surface area contributed by atoms with Gasteiger partial charge in [0.05, 0.1) is 0 Å². The van der Waals surface area contributed by atoms with E-state index < -0.39 is 6.10 Å². The van der Waals surface area contributed by atoms with Crippen LogP contribution >= 0.6 is 12.4 Å². The molecule has 0 saturated heterocycles. The van der Waals surface area contributed by atoms with Crippen LogP contribution in [0.25, 0.3) is 0 Å². The van der Waals surface area contributed by atoms with E-state index in [9.17, 15) is 5.11 Å². The van der Waals surface area contributed by atoms with Gasteiger partial charge in [-0.05, 0) is 31.9 Å². The molecule has 0 heterocycles. The van der Waals surface area contributed by atoms with Crippen LogP contribution in [0.2, 0.25) is 0 Å². The number of aliphatic hydroxyl groups is 1. The minimum Gasteiger partial charge on any atom is -0.490 e. The predicted octanol–water partition coefficient (Wildman–Crippen LogP) is 2.77. The number of hydrogen-bond donors (Lipinski definition) is 2. The van der Waals surface area contributed by atoms with E-state index >= 15 is 0 Å². The molecule has 3 nitrogen and oxygen atoms in total. The van der Waals surface area contributed by atoms with Crippen molar-refractivity contribution in [3.63, 3.8) is 0 Å². The molecule has 0 saturated carbocycles. The summed E-state index contributed by atoms with van der Waals surface area (Å²) in [7, 11) is 0. The highest BCUT2D eigenvalue weighted by Crippen LogP contribution is 2.24. The lowest BCUT2D eigenvalue weighted by molar-refractivity contribution is 0.104. The smallest absolute Gasteiger partial charge is 0.125 e. The second-order valence-corrected chi connectivity index (χ2v) is 5.26. The molecule has 0 aliphatic heterocycles. The summed E-state index contributed by atoms with van der Waals surface area (Å²) in [5, 5.41) is 13.0. The Hall–Kier alpha value is -0.770. The molecule has 0 aliphatic carbocycles. The van der Waals surface area contributed by atoms with Crippen molar-refractivity contribution in [2.45, 2.75) is 46.8 Å². The first kappa shape index (κ1) is 18.2. The Morgan fingerprint density at radius 1 is 1.16 bits per heavy atom. The van der Waals surface area contributed by atoms with Gasteiger partial charge in [-0.15, -0.1) is 12.4 Å². The molecule has 0 aliphatic rings. The molecule has 2 N–H and O–H groups in total. The molecule has 0 spiro atoms. The topological polar surface area (TPSA) is 41.5 Å². The standard InChI is InChI=1S/C15H25NO2.ClH/c1-10(2)16-8-14(17)9-18-15-12(4)6-11(3)7-13(15)5;/h6-7,10,14,16-17H,8-9H2,1-5H3;1H. The van der Waals surface area contributed by atoms with Gasteiger partial charge >= 0.3 is 0 Å². The zero-order valence-electron chi connectivity index (χ0n) is 12.5. The van der Waals surface area contributed by atoms with Crippen molar-refractivity contribution in [3.05, 3.63) is 28.8 Å². The van der Waals surface area contributed by atoms with E-state index in [-0.39, 0.29) is 12.4 Å². The highest BCUT2D eigenvalue weighted by molar-refractivity contribution is 5.85. The van der Waals surface area contributed by atoms with Gasteiger partial charge in [0.2, 0.25) is 0 Å². The Balaban J connectivity index is 0.00000324. The summed E-state index contributed by atoms with van der Waals surface area (Å²) in [5.41, 5.74) is 3.48. The zero-order valence-corrected chi connectivity index (χ0v) is 13.3. The number of halogens is 1. The minimum absolute atomic E-state index is 0. The van der Waals surface area contributed by atoms with Crippen LogP contribution in [0.5, 0.6) is 5.75 Å². The lowest BCUT2D eigenvalue weighted by Crippen LogP contribution is -2.35. The van der Waals surface area contributed by atoms with Crippen molar-refractivity contribution >= 4 is 12.4 Å². The summed E-state index contributed by atoms with van der Waals surface area (Å²) in [6, 6.07) is 4.57. The van der Waals surface area contributed by atoms with Crippen LogP contribution in [-0.2, 0) is 0 Å². The second-order valence-electron chi connectivity index (χ2n) is 5.26. The molecule has 0 radical (unpaired) electrons. The van der Waals surface area contributed by atoms with Crippen molar-refractivity contribution in [2.24, 2.45) is 0 Å². The fourth-order valence-electron chi connectivity index (χ4n) is 2.00. The predicted molar refractivity (Wildman–Crippen MR) is 82.5 cm³/mol. The van der Waals surface area contributed by atoms with Crippen molar-refractivity contribution in [1.82, 2.24) is 5.32 Å². The quantitative estimate of drug-likeness (QED) is 0.845. The van der Waals surface area contributed by atoms with Crippen molar-refractivity contribution < 1.29 is 9.84 Å². The first-order valence-corrected chi connectivity index (χ1v) is 6.52. The van der Waals surface area contributed by atoms with Gasteiger partial charge in [-0.2, -0.15) is 0 Å². The van der Waals surface area contributed by atoms with Crippen molar-refractivity contribution in [3.8, 4) is 5.75 Å². The number of nitrogens with one attached hydrogen (secondary N) is 1. The van der Waals surface area contributed by atoms with Crippen LogP contribution < -0.4 is 10.1 Å². The number of ether oxygens (including phenoxy) is 1. The first-order valence-electron chi connectivity index (χ1n) is 6.52. The highest BCUT2D eigenvalue weighted by Gasteiger charge is 2.09. The van der Waals surface area contributed by atoms with Gasteiger partial charge in [0.15, 0.2) is 0 Å².